The predicted octanol–water partition coefficient (Wildman–Crippen LogP) is -1.54. The van der Waals surface area contributed by atoms with E-state index in [0.717, 1.165) is 0 Å². The summed E-state index contributed by atoms with van der Waals surface area (Å²) in [6, 6.07) is 0. The fourth-order valence-electron chi connectivity index (χ4n) is 2.73. The SMILES string of the molecule is CN1CN([C@H]2C[C@H](O)[C@@H](CO)O2)c2ncn(C)c(=O)c21. The highest BCUT2D eigenvalue weighted by atomic mass is 16.5. The van der Waals surface area contributed by atoms with Gasteiger partial charge in [0.05, 0.1) is 25.7 Å². The number of aryl methyl sites for hydroxylation is 1. The fraction of sp³-hybridized carbons (Fsp3) is 0.667. The van der Waals surface area contributed by atoms with Crippen molar-refractivity contribution in [3.05, 3.63) is 16.7 Å². The average Bonchev–Trinajstić information content (AvgIpc) is 2.95. The number of aliphatic hydroxyl groups excluding tert-OH is 2. The number of fused-ring (bicyclic) bond motifs is 1. The highest BCUT2D eigenvalue weighted by Gasteiger charge is 2.41. The molecule has 0 spiro atoms. The Balaban J connectivity index is 1.93. The molecule has 0 radical (unpaired) electrons. The number of aliphatic hydroxyl groups is 2. The van der Waals surface area contributed by atoms with Gasteiger partial charge in [-0.1, -0.05) is 0 Å². The van der Waals surface area contributed by atoms with Crippen molar-refractivity contribution in [1.29, 1.82) is 0 Å². The van der Waals surface area contributed by atoms with E-state index in [9.17, 15) is 9.90 Å². The molecule has 1 fully saturated rings. The number of anilines is 2. The summed E-state index contributed by atoms with van der Waals surface area (Å²) in [5.74, 6) is 0.561. The zero-order valence-electron chi connectivity index (χ0n) is 11.4. The van der Waals surface area contributed by atoms with Gasteiger partial charge >= 0.3 is 0 Å². The number of rotatable bonds is 2. The first kappa shape index (κ1) is 13.3. The molecule has 8 heteroatoms. The van der Waals surface area contributed by atoms with Crippen LogP contribution in [0.15, 0.2) is 11.1 Å². The minimum absolute atomic E-state index is 0.114. The van der Waals surface area contributed by atoms with E-state index in [0.29, 0.717) is 24.6 Å². The van der Waals surface area contributed by atoms with Crippen molar-refractivity contribution in [2.24, 2.45) is 7.05 Å². The summed E-state index contributed by atoms with van der Waals surface area (Å²) in [4.78, 5) is 20.1. The second-order valence-electron chi connectivity index (χ2n) is 5.26. The van der Waals surface area contributed by atoms with Crippen LogP contribution in [0.2, 0.25) is 0 Å². The summed E-state index contributed by atoms with van der Waals surface area (Å²) < 4.78 is 7.06. The van der Waals surface area contributed by atoms with Crippen molar-refractivity contribution in [3.8, 4) is 0 Å². The van der Waals surface area contributed by atoms with Crippen molar-refractivity contribution in [1.82, 2.24) is 9.55 Å². The molecule has 3 atom stereocenters. The molecule has 1 saturated heterocycles. The first-order valence-electron chi connectivity index (χ1n) is 6.50. The zero-order valence-corrected chi connectivity index (χ0v) is 11.4. The van der Waals surface area contributed by atoms with Gasteiger partial charge in [-0.3, -0.25) is 4.79 Å². The molecule has 0 aromatic carbocycles. The lowest BCUT2D eigenvalue weighted by atomic mass is 10.2. The molecule has 3 rings (SSSR count). The molecule has 1 aromatic rings. The van der Waals surface area contributed by atoms with Crippen LogP contribution in [0.3, 0.4) is 0 Å². The third-order valence-electron chi connectivity index (χ3n) is 3.84. The topological polar surface area (TPSA) is 91.1 Å². The Bertz CT molecular complexity index is 575. The summed E-state index contributed by atoms with van der Waals surface area (Å²) in [5.41, 5.74) is 0.415. The number of hydrogen-bond acceptors (Lipinski definition) is 7. The smallest absolute Gasteiger partial charge is 0.278 e. The average molecular weight is 282 g/mol. The zero-order chi connectivity index (χ0) is 14.4. The van der Waals surface area contributed by atoms with E-state index in [2.05, 4.69) is 4.98 Å². The number of nitrogens with zero attached hydrogens (tertiary/aromatic N) is 4. The molecule has 3 heterocycles. The largest absolute Gasteiger partial charge is 0.394 e. The molecule has 0 aliphatic carbocycles. The van der Waals surface area contributed by atoms with Crippen molar-refractivity contribution < 1.29 is 14.9 Å². The molecular weight excluding hydrogens is 264 g/mol. The third-order valence-corrected chi connectivity index (χ3v) is 3.84. The Kier molecular flexibility index (Phi) is 3.15. The minimum atomic E-state index is -0.703. The summed E-state index contributed by atoms with van der Waals surface area (Å²) in [6.45, 7) is 0.245. The molecule has 0 amide bonds. The standard InChI is InChI=1S/C12H18N4O4/c1-14-5-13-11-10(12(14)19)15(2)6-16(11)9-3-7(18)8(4-17)20-9/h5,7-9,17-18H,3-4,6H2,1-2H3/t7-,8+,9+/m0/s1. The van der Waals surface area contributed by atoms with E-state index >= 15 is 0 Å². The predicted molar refractivity (Wildman–Crippen MR) is 71.6 cm³/mol. The molecule has 0 saturated carbocycles. The van der Waals surface area contributed by atoms with Gasteiger partial charge in [-0.05, 0) is 0 Å². The molecule has 110 valence electrons. The van der Waals surface area contributed by atoms with E-state index in [1.54, 1.807) is 7.05 Å². The van der Waals surface area contributed by atoms with Crippen LogP contribution in [0, 0.1) is 0 Å². The van der Waals surface area contributed by atoms with Gasteiger partial charge in [-0.15, -0.1) is 0 Å². The van der Waals surface area contributed by atoms with Gasteiger partial charge in [0.2, 0.25) is 0 Å². The Morgan fingerprint density at radius 1 is 1.50 bits per heavy atom. The van der Waals surface area contributed by atoms with Crippen LogP contribution in [0.4, 0.5) is 11.5 Å². The number of hydrogen-bond donors (Lipinski definition) is 2. The van der Waals surface area contributed by atoms with Crippen LogP contribution in [-0.4, -0.2) is 58.5 Å². The normalized spacial score (nSPS) is 29.1. The molecule has 2 aliphatic heterocycles. The van der Waals surface area contributed by atoms with E-state index in [1.165, 1.54) is 10.9 Å². The maximum absolute atomic E-state index is 12.1. The van der Waals surface area contributed by atoms with Crippen LogP contribution in [0.1, 0.15) is 6.42 Å². The number of ether oxygens (including phenoxy) is 1. The van der Waals surface area contributed by atoms with Gasteiger partial charge in [-0.25, -0.2) is 4.98 Å². The van der Waals surface area contributed by atoms with Crippen molar-refractivity contribution >= 4 is 11.5 Å². The Morgan fingerprint density at radius 2 is 2.25 bits per heavy atom. The molecule has 2 N–H and O–H groups in total. The molecule has 0 bridgehead atoms. The second-order valence-corrected chi connectivity index (χ2v) is 5.26. The van der Waals surface area contributed by atoms with Crippen LogP contribution in [0.25, 0.3) is 0 Å². The maximum atomic E-state index is 12.1. The van der Waals surface area contributed by atoms with Gasteiger partial charge in [-0.2, -0.15) is 0 Å². The highest BCUT2D eigenvalue weighted by Crippen LogP contribution is 2.35. The monoisotopic (exact) mass is 282 g/mol. The van der Waals surface area contributed by atoms with E-state index in [4.69, 9.17) is 9.84 Å². The highest BCUT2D eigenvalue weighted by molar-refractivity contribution is 5.71. The van der Waals surface area contributed by atoms with E-state index in [-0.39, 0.29) is 18.4 Å². The lowest BCUT2D eigenvalue weighted by Crippen LogP contribution is -2.38. The third kappa shape index (κ3) is 1.88. The Morgan fingerprint density at radius 3 is 2.90 bits per heavy atom. The number of aromatic nitrogens is 2. The summed E-state index contributed by atoms with van der Waals surface area (Å²) in [7, 11) is 3.47. The first-order valence-corrected chi connectivity index (χ1v) is 6.50. The minimum Gasteiger partial charge on any atom is -0.394 e. The molecule has 1 aromatic heterocycles. The van der Waals surface area contributed by atoms with Gasteiger partial charge in [0, 0.05) is 20.5 Å². The van der Waals surface area contributed by atoms with E-state index < -0.39 is 12.2 Å². The molecule has 2 aliphatic rings. The van der Waals surface area contributed by atoms with Gasteiger partial charge in [0.1, 0.15) is 18.0 Å². The van der Waals surface area contributed by atoms with E-state index in [1.807, 2.05) is 16.8 Å². The van der Waals surface area contributed by atoms with Crippen molar-refractivity contribution in [2.75, 3.05) is 30.1 Å². The second kappa shape index (κ2) is 4.72. The lowest BCUT2D eigenvalue weighted by molar-refractivity contribution is -0.0220. The summed E-state index contributed by atoms with van der Waals surface area (Å²) in [6.07, 6.45) is 0.190. The lowest BCUT2D eigenvalue weighted by Gasteiger charge is -2.25. The van der Waals surface area contributed by atoms with Crippen molar-refractivity contribution in [3.63, 3.8) is 0 Å². The maximum Gasteiger partial charge on any atom is 0.278 e. The summed E-state index contributed by atoms with van der Waals surface area (Å²) >= 11 is 0. The van der Waals surface area contributed by atoms with Gasteiger partial charge in [0.25, 0.3) is 5.56 Å². The molecule has 8 nitrogen and oxygen atoms in total. The fourth-order valence-corrected chi connectivity index (χ4v) is 2.73. The molecule has 20 heavy (non-hydrogen) atoms. The quantitative estimate of drug-likeness (QED) is 0.679. The molecular formula is C12H18N4O4. The van der Waals surface area contributed by atoms with Crippen molar-refractivity contribution in [2.45, 2.75) is 24.9 Å². The Labute approximate surface area is 115 Å². The van der Waals surface area contributed by atoms with Crippen LogP contribution in [-0.2, 0) is 11.8 Å². The Hall–Kier alpha value is -1.64. The van der Waals surface area contributed by atoms with Gasteiger partial charge < -0.3 is 29.3 Å². The van der Waals surface area contributed by atoms with Crippen LogP contribution in [0.5, 0.6) is 0 Å². The molecule has 0 unspecified atom stereocenters. The first-order chi connectivity index (χ1) is 9.52. The summed E-state index contributed by atoms with van der Waals surface area (Å²) in [5, 5.41) is 19.0. The van der Waals surface area contributed by atoms with Crippen LogP contribution < -0.4 is 15.4 Å². The van der Waals surface area contributed by atoms with Crippen LogP contribution >= 0.6 is 0 Å². The van der Waals surface area contributed by atoms with Gasteiger partial charge in [0.15, 0.2) is 5.82 Å².